The highest BCUT2D eigenvalue weighted by Gasteiger charge is 2.29. The largest absolute Gasteiger partial charge is 0.469 e. The Kier molecular flexibility index (Phi) is 8.74. The summed E-state index contributed by atoms with van der Waals surface area (Å²) in [5.74, 6) is -0.995. The van der Waals surface area contributed by atoms with Gasteiger partial charge in [-0.05, 0) is 65.1 Å². The number of ether oxygens (including phenoxy) is 1. The van der Waals surface area contributed by atoms with Crippen LogP contribution in [0.25, 0.3) is 16.2 Å². The number of methoxy groups -OCH3 is 1. The van der Waals surface area contributed by atoms with E-state index in [-0.39, 0.29) is 24.2 Å². The summed E-state index contributed by atoms with van der Waals surface area (Å²) in [5, 5.41) is 6.80. The van der Waals surface area contributed by atoms with Crippen LogP contribution in [-0.2, 0) is 19.1 Å². The average Bonchev–Trinajstić information content (AvgIpc) is 3.38. The fourth-order valence-corrected chi connectivity index (χ4v) is 5.78. The molecule has 1 aliphatic heterocycles. The van der Waals surface area contributed by atoms with Gasteiger partial charge in [0.25, 0.3) is 0 Å². The number of carbonyl (C=O) groups is 3. The second-order valence-electron chi connectivity index (χ2n) is 8.87. The number of rotatable bonds is 7. The van der Waals surface area contributed by atoms with E-state index < -0.39 is 12.0 Å². The first-order valence-corrected chi connectivity index (χ1v) is 13.4. The molecule has 0 radical (unpaired) electrons. The van der Waals surface area contributed by atoms with Crippen LogP contribution < -0.4 is 11.1 Å². The van der Waals surface area contributed by atoms with Crippen LogP contribution in [0, 0.1) is 5.92 Å². The Morgan fingerprint density at radius 1 is 1.16 bits per heavy atom. The van der Waals surface area contributed by atoms with E-state index in [2.05, 4.69) is 5.32 Å². The summed E-state index contributed by atoms with van der Waals surface area (Å²) in [6.45, 7) is 0.895. The third-order valence-corrected chi connectivity index (χ3v) is 8.43. The van der Waals surface area contributed by atoms with Crippen molar-refractivity contribution in [1.82, 2.24) is 10.2 Å². The summed E-state index contributed by atoms with van der Waals surface area (Å²) in [4.78, 5) is 39.5. The van der Waals surface area contributed by atoms with Crippen molar-refractivity contribution >= 4 is 74.2 Å². The van der Waals surface area contributed by atoms with Crippen molar-refractivity contribution in [3.63, 3.8) is 0 Å². The van der Waals surface area contributed by atoms with Gasteiger partial charge >= 0.3 is 5.97 Å². The third-order valence-electron chi connectivity index (χ3n) is 6.49. The number of anilines is 1. The molecule has 0 spiro atoms. The first-order chi connectivity index (χ1) is 17.8. The van der Waals surface area contributed by atoms with E-state index in [0.717, 1.165) is 15.6 Å². The number of benzene rings is 2. The third kappa shape index (κ3) is 6.44. The molecule has 0 aliphatic carbocycles. The van der Waals surface area contributed by atoms with Crippen molar-refractivity contribution in [1.29, 1.82) is 0 Å². The monoisotopic (exact) mass is 559 g/mol. The number of hydrogen-bond donors (Lipinski definition) is 2. The van der Waals surface area contributed by atoms with Gasteiger partial charge in [-0.2, -0.15) is 0 Å². The van der Waals surface area contributed by atoms with Crippen LogP contribution >= 0.6 is 34.5 Å². The number of fused-ring (bicyclic) bond motifs is 1. The van der Waals surface area contributed by atoms with Crippen LogP contribution in [-0.4, -0.2) is 42.9 Å². The number of nitrogens with two attached hydrogens (primary N) is 1. The number of carbonyl (C=O) groups excluding carboxylic acids is 3. The van der Waals surface area contributed by atoms with Gasteiger partial charge in [-0.25, -0.2) is 0 Å². The molecule has 2 heterocycles. The highest BCUT2D eigenvalue weighted by Crippen LogP contribution is 2.37. The van der Waals surface area contributed by atoms with Gasteiger partial charge < -0.3 is 20.7 Å². The van der Waals surface area contributed by atoms with Gasteiger partial charge in [0.2, 0.25) is 11.8 Å². The molecule has 3 aromatic rings. The molecule has 1 aromatic heterocycles. The smallest absolute Gasteiger partial charge is 0.307 e. The van der Waals surface area contributed by atoms with Gasteiger partial charge in [-0.3, -0.25) is 14.4 Å². The second kappa shape index (κ2) is 12.0. The standard InChI is InChI=1S/C27H27Cl2N3O4S/c1-36-23(34)15-21(16-2-5-20(30)6-3-16)31-27(35)17-8-11-32(12-9-17)22(33)7-4-18-14-19-10-13-37-26(19)25(29)24(18)28/h2-7,10,13-14,17,21H,8-9,11-12,15,30H2,1H3,(H,31,35)/b7-4+/t21-/m1/s1. The quantitative estimate of drug-likeness (QED) is 0.227. The van der Waals surface area contributed by atoms with Crippen LogP contribution in [0.2, 0.25) is 10.0 Å². The summed E-state index contributed by atoms with van der Waals surface area (Å²) in [7, 11) is 1.31. The Balaban J connectivity index is 1.35. The number of thiophene rings is 1. The maximum Gasteiger partial charge on any atom is 0.307 e. The fourth-order valence-electron chi connectivity index (χ4n) is 4.34. The lowest BCUT2D eigenvalue weighted by atomic mass is 9.94. The number of amides is 2. The molecule has 37 heavy (non-hydrogen) atoms. The molecule has 7 nitrogen and oxygen atoms in total. The molecule has 4 rings (SSSR count). The Morgan fingerprint density at radius 3 is 2.54 bits per heavy atom. The summed E-state index contributed by atoms with van der Waals surface area (Å²) in [6, 6.07) is 10.4. The minimum absolute atomic E-state index is 0.0119. The summed E-state index contributed by atoms with van der Waals surface area (Å²) < 4.78 is 5.72. The predicted octanol–water partition coefficient (Wildman–Crippen LogP) is 5.46. The lowest BCUT2D eigenvalue weighted by Crippen LogP contribution is -2.43. The lowest BCUT2D eigenvalue weighted by molar-refractivity contribution is -0.141. The van der Waals surface area contributed by atoms with E-state index in [4.69, 9.17) is 33.7 Å². The van der Waals surface area contributed by atoms with Gasteiger partial charge in [-0.15, -0.1) is 11.3 Å². The topological polar surface area (TPSA) is 102 Å². The minimum atomic E-state index is -0.528. The number of hydrogen-bond acceptors (Lipinski definition) is 6. The molecule has 0 bridgehead atoms. The number of nitrogens with one attached hydrogen (secondary N) is 1. The molecule has 194 valence electrons. The molecule has 1 fully saturated rings. The van der Waals surface area contributed by atoms with Crippen molar-refractivity contribution in [2.45, 2.75) is 25.3 Å². The number of esters is 1. The van der Waals surface area contributed by atoms with E-state index in [0.29, 0.717) is 47.2 Å². The Morgan fingerprint density at radius 2 is 1.86 bits per heavy atom. The number of halogens is 2. The molecule has 1 saturated heterocycles. The molecule has 2 aromatic carbocycles. The maximum atomic E-state index is 13.0. The van der Waals surface area contributed by atoms with Gasteiger partial charge in [0.1, 0.15) is 0 Å². The minimum Gasteiger partial charge on any atom is -0.469 e. The molecule has 2 amide bonds. The van der Waals surface area contributed by atoms with Gasteiger partial charge in [0.15, 0.2) is 0 Å². The van der Waals surface area contributed by atoms with Gasteiger partial charge in [-0.1, -0.05) is 35.3 Å². The van der Waals surface area contributed by atoms with E-state index in [1.165, 1.54) is 24.5 Å². The Hall–Kier alpha value is -3.07. The van der Waals surface area contributed by atoms with E-state index in [1.807, 2.05) is 17.5 Å². The van der Waals surface area contributed by atoms with Crippen molar-refractivity contribution in [2.24, 2.45) is 5.92 Å². The van der Waals surface area contributed by atoms with Crippen molar-refractivity contribution in [3.8, 4) is 0 Å². The number of likely N-dealkylation sites (tertiary alicyclic amines) is 1. The highest BCUT2D eigenvalue weighted by atomic mass is 35.5. The van der Waals surface area contributed by atoms with Crippen molar-refractivity contribution < 1.29 is 19.1 Å². The SMILES string of the molecule is COC(=O)C[C@@H](NC(=O)C1CCN(C(=O)/C=C/c2cc3ccsc3c(Cl)c2Cl)CC1)c1ccc(N)cc1. The van der Waals surface area contributed by atoms with Crippen LogP contribution in [0.15, 0.2) is 47.9 Å². The summed E-state index contributed by atoms with van der Waals surface area (Å²) in [5.41, 5.74) is 7.81. The number of nitrogen functional groups attached to an aromatic ring is 1. The fraction of sp³-hybridized carbons (Fsp3) is 0.296. The summed E-state index contributed by atoms with van der Waals surface area (Å²) >= 11 is 14.3. The first kappa shape index (κ1) is 27.0. The first-order valence-electron chi connectivity index (χ1n) is 11.8. The average molecular weight is 561 g/mol. The van der Waals surface area contributed by atoms with Crippen molar-refractivity contribution in [2.75, 3.05) is 25.9 Å². The molecule has 0 saturated carbocycles. The number of nitrogens with zero attached hydrogens (tertiary/aromatic N) is 1. The van der Waals surface area contributed by atoms with Gasteiger partial charge in [0.05, 0.1) is 34.3 Å². The van der Waals surface area contributed by atoms with Crippen LogP contribution in [0.1, 0.15) is 36.4 Å². The Bertz CT molecular complexity index is 1330. The molecule has 10 heteroatoms. The highest BCUT2D eigenvalue weighted by molar-refractivity contribution is 7.18. The molecule has 0 unspecified atom stereocenters. The van der Waals surface area contributed by atoms with E-state index >= 15 is 0 Å². The molecular weight excluding hydrogens is 533 g/mol. The zero-order valence-corrected chi connectivity index (χ0v) is 22.5. The zero-order chi connectivity index (χ0) is 26.5. The molecular formula is C27H27Cl2N3O4S. The van der Waals surface area contributed by atoms with Crippen LogP contribution in [0.4, 0.5) is 5.69 Å². The van der Waals surface area contributed by atoms with Gasteiger partial charge in [0, 0.05) is 30.8 Å². The number of piperidine rings is 1. The predicted molar refractivity (Wildman–Crippen MR) is 149 cm³/mol. The zero-order valence-electron chi connectivity index (χ0n) is 20.2. The Labute approximate surface area is 229 Å². The second-order valence-corrected chi connectivity index (χ2v) is 10.5. The van der Waals surface area contributed by atoms with Crippen LogP contribution in [0.5, 0.6) is 0 Å². The molecule has 3 N–H and O–H groups in total. The normalized spacial score (nSPS) is 15.2. The molecule has 1 atom stereocenters. The van der Waals surface area contributed by atoms with Crippen LogP contribution in [0.3, 0.4) is 0 Å². The lowest BCUT2D eigenvalue weighted by Gasteiger charge is -2.31. The molecule has 1 aliphatic rings. The van der Waals surface area contributed by atoms with E-state index in [1.54, 1.807) is 35.2 Å². The summed E-state index contributed by atoms with van der Waals surface area (Å²) in [6.07, 6.45) is 4.22. The van der Waals surface area contributed by atoms with Crippen molar-refractivity contribution in [3.05, 3.63) is 69.0 Å². The van der Waals surface area contributed by atoms with E-state index in [9.17, 15) is 14.4 Å². The maximum absolute atomic E-state index is 13.0.